The molecular weight excluding hydrogens is 286 g/mol. The Bertz CT molecular complexity index is 757. The van der Waals surface area contributed by atoms with E-state index in [4.69, 9.17) is 5.21 Å². The van der Waals surface area contributed by atoms with Gasteiger partial charge in [-0.2, -0.15) is 0 Å². The highest BCUT2D eigenvalue weighted by molar-refractivity contribution is 7.17. The maximum Gasteiger partial charge on any atom is 0.287 e. The van der Waals surface area contributed by atoms with Gasteiger partial charge in [0.1, 0.15) is 9.88 Å². The van der Waals surface area contributed by atoms with Crippen LogP contribution in [0.25, 0.3) is 21.8 Å². The maximum atomic E-state index is 11.8. The number of pyridine rings is 1. The molecule has 1 amide bonds. The first kappa shape index (κ1) is 13.4. The molecule has 21 heavy (non-hydrogen) atoms. The highest BCUT2D eigenvalue weighted by Gasteiger charge is 2.19. The van der Waals surface area contributed by atoms with Gasteiger partial charge in [-0.1, -0.05) is 30.3 Å². The normalized spacial score (nSPS) is 10.3. The minimum Gasteiger partial charge on any atom is -0.288 e. The molecular formula is C15H11N3O2S. The van der Waals surface area contributed by atoms with E-state index >= 15 is 0 Å². The van der Waals surface area contributed by atoms with Crippen molar-refractivity contribution < 1.29 is 10.0 Å². The van der Waals surface area contributed by atoms with E-state index in [-0.39, 0.29) is 0 Å². The SMILES string of the molecule is O=C(NO)c1sc(-c2ccncc2)nc1-c1ccccc1. The van der Waals surface area contributed by atoms with Gasteiger partial charge in [0.05, 0.1) is 5.69 Å². The van der Waals surface area contributed by atoms with E-state index in [0.29, 0.717) is 15.6 Å². The third kappa shape index (κ3) is 2.67. The third-order valence-electron chi connectivity index (χ3n) is 2.91. The van der Waals surface area contributed by atoms with Crippen LogP contribution in [-0.2, 0) is 0 Å². The second kappa shape index (κ2) is 5.82. The Labute approximate surface area is 124 Å². The maximum absolute atomic E-state index is 11.8. The first-order valence-corrected chi connectivity index (χ1v) is 7.02. The number of aromatic nitrogens is 2. The summed E-state index contributed by atoms with van der Waals surface area (Å²) in [6.45, 7) is 0. The van der Waals surface area contributed by atoms with Crippen molar-refractivity contribution in [2.24, 2.45) is 0 Å². The highest BCUT2D eigenvalue weighted by atomic mass is 32.1. The van der Waals surface area contributed by atoms with Crippen molar-refractivity contribution in [3.8, 4) is 21.8 Å². The van der Waals surface area contributed by atoms with Crippen molar-refractivity contribution in [1.29, 1.82) is 0 Å². The van der Waals surface area contributed by atoms with E-state index < -0.39 is 5.91 Å². The first-order chi connectivity index (χ1) is 10.3. The summed E-state index contributed by atoms with van der Waals surface area (Å²) in [6, 6.07) is 13.1. The number of nitrogens with zero attached hydrogens (tertiary/aromatic N) is 2. The van der Waals surface area contributed by atoms with Gasteiger partial charge in [0.15, 0.2) is 0 Å². The second-order valence-electron chi connectivity index (χ2n) is 4.24. The molecule has 0 aliphatic heterocycles. The lowest BCUT2D eigenvalue weighted by atomic mass is 10.1. The molecule has 0 fully saturated rings. The molecule has 2 aromatic heterocycles. The molecule has 3 rings (SSSR count). The molecule has 0 radical (unpaired) electrons. The van der Waals surface area contributed by atoms with Crippen LogP contribution >= 0.6 is 11.3 Å². The van der Waals surface area contributed by atoms with E-state index in [1.165, 1.54) is 11.3 Å². The molecule has 6 heteroatoms. The van der Waals surface area contributed by atoms with E-state index in [1.54, 1.807) is 17.9 Å². The molecule has 0 spiro atoms. The summed E-state index contributed by atoms with van der Waals surface area (Å²) in [7, 11) is 0. The Morgan fingerprint density at radius 1 is 1.05 bits per heavy atom. The molecule has 0 bridgehead atoms. The summed E-state index contributed by atoms with van der Waals surface area (Å²) in [5, 5.41) is 9.61. The summed E-state index contributed by atoms with van der Waals surface area (Å²) in [4.78, 5) is 20.7. The number of hydroxylamine groups is 1. The Morgan fingerprint density at radius 2 is 1.76 bits per heavy atom. The van der Waals surface area contributed by atoms with Gasteiger partial charge in [-0.3, -0.25) is 15.0 Å². The molecule has 104 valence electrons. The Kier molecular flexibility index (Phi) is 3.72. The molecule has 0 saturated carbocycles. The van der Waals surface area contributed by atoms with Gasteiger partial charge in [-0.05, 0) is 12.1 Å². The average Bonchev–Trinajstić information content (AvgIpc) is 3.01. The lowest BCUT2D eigenvalue weighted by Crippen LogP contribution is -2.18. The van der Waals surface area contributed by atoms with Crippen LogP contribution in [0.1, 0.15) is 9.67 Å². The largest absolute Gasteiger partial charge is 0.288 e. The number of carbonyl (C=O) groups excluding carboxylic acids is 1. The molecule has 0 aliphatic carbocycles. The molecule has 5 nitrogen and oxygen atoms in total. The lowest BCUT2D eigenvalue weighted by molar-refractivity contribution is 0.0711. The van der Waals surface area contributed by atoms with Gasteiger partial charge in [0.25, 0.3) is 5.91 Å². The van der Waals surface area contributed by atoms with Crippen LogP contribution in [-0.4, -0.2) is 21.1 Å². The minimum atomic E-state index is -0.563. The van der Waals surface area contributed by atoms with Gasteiger partial charge in [0, 0.05) is 23.5 Å². The van der Waals surface area contributed by atoms with E-state index in [1.807, 2.05) is 42.5 Å². The zero-order chi connectivity index (χ0) is 14.7. The van der Waals surface area contributed by atoms with Crippen molar-refractivity contribution in [3.63, 3.8) is 0 Å². The van der Waals surface area contributed by atoms with Crippen LogP contribution in [0.4, 0.5) is 0 Å². The summed E-state index contributed by atoms with van der Waals surface area (Å²) in [6.07, 6.45) is 3.34. The fourth-order valence-corrected chi connectivity index (χ4v) is 2.92. The summed E-state index contributed by atoms with van der Waals surface area (Å²) >= 11 is 1.23. The number of thiazole rings is 1. The first-order valence-electron chi connectivity index (χ1n) is 6.20. The Balaban J connectivity index is 2.14. The van der Waals surface area contributed by atoms with Gasteiger partial charge < -0.3 is 0 Å². The molecule has 0 unspecified atom stereocenters. The lowest BCUT2D eigenvalue weighted by Gasteiger charge is -1.99. The molecule has 2 heterocycles. The van der Waals surface area contributed by atoms with Crippen LogP contribution in [0.3, 0.4) is 0 Å². The van der Waals surface area contributed by atoms with E-state index in [9.17, 15) is 4.79 Å². The van der Waals surface area contributed by atoms with Gasteiger partial charge in [-0.15, -0.1) is 11.3 Å². The van der Waals surface area contributed by atoms with Crippen molar-refractivity contribution in [2.75, 3.05) is 0 Å². The number of amides is 1. The van der Waals surface area contributed by atoms with Crippen LogP contribution in [0.2, 0.25) is 0 Å². The fraction of sp³-hybridized carbons (Fsp3) is 0. The average molecular weight is 297 g/mol. The third-order valence-corrected chi connectivity index (χ3v) is 4.01. The Hall–Kier alpha value is -2.57. The molecule has 0 saturated heterocycles. The van der Waals surface area contributed by atoms with Gasteiger partial charge in [0.2, 0.25) is 0 Å². The van der Waals surface area contributed by atoms with Gasteiger partial charge in [-0.25, -0.2) is 10.5 Å². The predicted octanol–water partition coefficient (Wildman–Crippen LogP) is 2.99. The monoisotopic (exact) mass is 297 g/mol. The van der Waals surface area contributed by atoms with Crippen molar-refractivity contribution >= 4 is 17.2 Å². The smallest absolute Gasteiger partial charge is 0.287 e. The number of hydrogen-bond acceptors (Lipinski definition) is 5. The predicted molar refractivity (Wildman–Crippen MR) is 80.0 cm³/mol. The van der Waals surface area contributed by atoms with Crippen LogP contribution < -0.4 is 5.48 Å². The molecule has 0 aliphatic rings. The van der Waals surface area contributed by atoms with Crippen molar-refractivity contribution in [2.45, 2.75) is 0 Å². The number of carbonyl (C=O) groups is 1. The zero-order valence-corrected chi connectivity index (χ0v) is 11.7. The molecule has 0 atom stereocenters. The quantitative estimate of drug-likeness (QED) is 0.575. The number of nitrogens with one attached hydrogen (secondary N) is 1. The van der Waals surface area contributed by atoms with Crippen molar-refractivity contribution in [3.05, 3.63) is 59.7 Å². The van der Waals surface area contributed by atoms with E-state index in [2.05, 4.69) is 9.97 Å². The molecule has 3 aromatic rings. The van der Waals surface area contributed by atoms with Crippen LogP contribution in [0.15, 0.2) is 54.9 Å². The summed E-state index contributed by atoms with van der Waals surface area (Å²) < 4.78 is 0. The number of rotatable bonds is 3. The zero-order valence-electron chi connectivity index (χ0n) is 10.9. The summed E-state index contributed by atoms with van der Waals surface area (Å²) in [5.41, 5.74) is 3.94. The summed E-state index contributed by atoms with van der Waals surface area (Å²) in [5.74, 6) is -0.563. The van der Waals surface area contributed by atoms with Gasteiger partial charge >= 0.3 is 0 Å². The van der Waals surface area contributed by atoms with E-state index in [0.717, 1.165) is 11.1 Å². The van der Waals surface area contributed by atoms with Crippen LogP contribution in [0.5, 0.6) is 0 Å². The highest BCUT2D eigenvalue weighted by Crippen LogP contribution is 2.33. The topological polar surface area (TPSA) is 75.1 Å². The standard InChI is InChI=1S/C15H11N3O2S/c19-14(18-20)13-12(10-4-2-1-3-5-10)17-15(21-13)11-6-8-16-9-7-11/h1-9,20H,(H,18,19). The van der Waals surface area contributed by atoms with Crippen molar-refractivity contribution in [1.82, 2.24) is 15.4 Å². The molecule has 1 aromatic carbocycles. The number of hydrogen-bond donors (Lipinski definition) is 2. The molecule has 2 N–H and O–H groups in total. The second-order valence-corrected chi connectivity index (χ2v) is 5.24. The fourth-order valence-electron chi connectivity index (χ4n) is 1.93. The Morgan fingerprint density at radius 3 is 2.43 bits per heavy atom. The number of benzene rings is 1. The van der Waals surface area contributed by atoms with Crippen LogP contribution in [0, 0.1) is 0 Å². The minimum absolute atomic E-state index is 0.371.